The Hall–Kier alpha value is -1.01. The fourth-order valence-electron chi connectivity index (χ4n) is 1.21. The first-order valence-corrected chi connectivity index (χ1v) is 5.23. The van der Waals surface area contributed by atoms with Crippen LogP contribution in [0.3, 0.4) is 0 Å². The Labute approximate surface area is 90.9 Å². The molecule has 74 valence electrons. The Bertz CT molecular complexity index is 320. The molecule has 0 heterocycles. The van der Waals surface area contributed by atoms with Crippen molar-refractivity contribution in [2.75, 3.05) is 5.88 Å². The Morgan fingerprint density at radius 1 is 1.29 bits per heavy atom. The number of halogens is 1. The molecule has 0 bridgehead atoms. The molecule has 0 amide bonds. The predicted molar refractivity (Wildman–Crippen MR) is 64.7 cm³/mol. The van der Waals surface area contributed by atoms with E-state index in [2.05, 4.69) is 36.9 Å². The molecule has 1 aromatic carbocycles. The summed E-state index contributed by atoms with van der Waals surface area (Å²) in [6.07, 6.45) is 5.00. The zero-order chi connectivity index (χ0) is 10.4. The minimum absolute atomic E-state index is 0.587. The van der Waals surface area contributed by atoms with Crippen LogP contribution in [0.2, 0.25) is 0 Å². The minimum atomic E-state index is 0.587. The van der Waals surface area contributed by atoms with Crippen LogP contribution in [0, 0.1) is 0 Å². The summed E-state index contributed by atoms with van der Waals surface area (Å²) in [6, 6.07) is 8.46. The van der Waals surface area contributed by atoms with Gasteiger partial charge in [0.1, 0.15) is 0 Å². The van der Waals surface area contributed by atoms with Gasteiger partial charge >= 0.3 is 0 Å². The zero-order valence-corrected chi connectivity index (χ0v) is 9.22. The number of hydrogen-bond acceptors (Lipinski definition) is 0. The van der Waals surface area contributed by atoms with Gasteiger partial charge < -0.3 is 0 Å². The predicted octanol–water partition coefficient (Wildman–Crippen LogP) is 4.06. The van der Waals surface area contributed by atoms with Crippen molar-refractivity contribution < 1.29 is 0 Å². The largest absolute Gasteiger partial charge is 0.122 e. The normalized spacial score (nSPS) is 10.7. The highest BCUT2D eigenvalue weighted by molar-refractivity contribution is 6.18. The molecule has 0 fully saturated rings. The molecule has 1 heteroatoms. The Morgan fingerprint density at radius 2 is 1.93 bits per heavy atom. The second-order valence-corrected chi connectivity index (χ2v) is 3.62. The maximum atomic E-state index is 5.54. The van der Waals surface area contributed by atoms with Crippen LogP contribution >= 0.6 is 11.6 Å². The van der Waals surface area contributed by atoms with Gasteiger partial charge in [-0.1, -0.05) is 48.6 Å². The third-order valence-electron chi connectivity index (χ3n) is 2.06. The van der Waals surface area contributed by atoms with Gasteiger partial charge in [-0.15, -0.1) is 11.6 Å². The molecule has 0 unspecified atom stereocenters. The Morgan fingerprint density at radius 3 is 2.43 bits per heavy atom. The van der Waals surface area contributed by atoms with Crippen LogP contribution in [0.25, 0.3) is 5.57 Å². The van der Waals surface area contributed by atoms with E-state index in [0.29, 0.717) is 5.88 Å². The molecule has 0 N–H and O–H groups in total. The van der Waals surface area contributed by atoms with Crippen molar-refractivity contribution in [3.05, 3.63) is 54.1 Å². The van der Waals surface area contributed by atoms with Crippen molar-refractivity contribution in [2.24, 2.45) is 0 Å². The van der Waals surface area contributed by atoms with Gasteiger partial charge in [0, 0.05) is 5.88 Å². The van der Waals surface area contributed by atoms with E-state index in [0.717, 1.165) is 12.0 Å². The molecule has 0 aliphatic rings. The Balaban J connectivity index is 2.64. The molecule has 0 saturated heterocycles. The van der Waals surface area contributed by atoms with Crippen molar-refractivity contribution in [3.63, 3.8) is 0 Å². The lowest BCUT2D eigenvalue weighted by Crippen LogP contribution is -1.83. The van der Waals surface area contributed by atoms with Crippen LogP contribution in [-0.2, 0) is 6.42 Å². The van der Waals surface area contributed by atoms with Crippen LogP contribution in [0.15, 0.2) is 43.0 Å². The molecule has 1 rings (SSSR count). The lowest BCUT2D eigenvalue weighted by Gasteiger charge is -2.01. The van der Waals surface area contributed by atoms with Gasteiger partial charge in [0.25, 0.3) is 0 Å². The fourth-order valence-corrected chi connectivity index (χ4v) is 1.33. The van der Waals surface area contributed by atoms with Gasteiger partial charge in [-0.05, 0) is 24.5 Å². The second kappa shape index (κ2) is 5.66. The smallest absolute Gasteiger partial charge is 0.0404 e. The second-order valence-electron chi connectivity index (χ2n) is 3.31. The SMILES string of the molecule is C=C(C)c1ccc(C/C=C\CCl)cc1. The van der Waals surface area contributed by atoms with Crippen molar-refractivity contribution in [1.82, 2.24) is 0 Å². The lowest BCUT2D eigenvalue weighted by molar-refractivity contribution is 1.26. The zero-order valence-electron chi connectivity index (χ0n) is 8.46. The van der Waals surface area contributed by atoms with E-state index in [1.165, 1.54) is 11.1 Å². The van der Waals surface area contributed by atoms with E-state index in [1.54, 1.807) is 0 Å². The maximum Gasteiger partial charge on any atom is 0.0404 e. The molecule has 0 nitrogen and oxygen atoms in total. The number of alkyl halides is 1. The van der Waals surface area contributed by atoms with Gasteiger partial charge in [0.15, 0.2) is 0 Å². The van der Waals surface area contributed by atoms with Crippen molar-refractivity contribution >= 4 is 17.2 Å². The van der Waals surface area contributed by atoms with Crippen molar-refractivity contribution in [3.8, 4) is 0 Å². The molecule has 0 radical (unpaired) electrons. The van der Waals surface area contributed by atoms with Gasteiger partial charge in [-0.25, -0.2) is 0 Å². The Kier molecular flexibility index (Phi) is 4.48. The third kappa shape index (κ3) is 3.39. The number of allylic oxidation sites excluding steroid dienone is 3. The molecule has 14 heavy (non-hydrogen) atoms. The number of hydrogen-bond donors (Lipinski definition) is 0. The standard InChI is InChI=1S/C13H15Cl/c1-11(2)13-8-6-12(7-9-13)5-3-4-10-14/h3-4,6-9H,1,5,10H2,2H3/b4-3-. The topological polar surface area (TPSA) is 0 Å². The van der Waals surface area contributed by atoms with Gasteiger partial charge in [-0.3, -0.25) is 0 Å². The molecule has 0 atom stereocenters. The van der Waals surface area contributed by atoms with Crippen molar-refractivity contribution in [1.29, 1.82) is 0 Å². The molecule has 1 aromatic rings. The summed E-state index contributed by atoms with van der Waals surface area (Å²) in [5, 5.41) is 0. The molecular weight excluding hydrogens is 192 g/mol. The first kappa shape index (κ1) is 11.1. The van der Waals surface area contributed by atoms with E-state index >= 15 is 0 Å². The first-order valence-electron chi connectivity index (χ1n) is 4.70. The van der Waals surface area contributed by atoms with Gasteiger partial charge in [0.05, 0.1) is 0 Å². The first-order chi connectivity index (χ1) is 6.74. The summed E-state index contributed by atoms with van der Waals surface area (Å²) < 4.78 is 0. The molecule has 0 spiro atoms. The summed E-state index contributed by atoms with van der Waals surface area (Å²) in [6.45, 7) is 5.92. The monoisotopic (exact) mass is 206 g/mol. The third-order valence-corrected chi connectivity index (χ3v) is 2.23. The van der Waals surface area contributed by atoms with Crippen LogP contribution in [0.1, 0.15) is 18.1 Å². The van der Waals surface area contributed by atoms with E-state index in [9.17, 15) is 0 Å². The molecule has 0 saturated carbocycles. The number of rotatable bonds is 4. The van der Waals surface area contributed by atoms with Crippen molar-refractivity contribution in [2.45, 2.75) is 13.3 Å². The van der Waals surface area contributed by atoms with Crippen LogP contribution < -0.4 is 0 Å². The summed E-state index contributed by atoms with van der Waals surface area (Å²) in [5.41, 5.74) is 3.61. The van der Waals surface area contributed by atoms with E-state index in [-0.39, 0.29) is 0 Å². The summed E-state index contributed by atoms with van der Waals surface area (Å²) in [4.78, 5) is 0. The lowest BCUT2D eigenvalue weighted by atomic mass is 10.1. The maximum absolute atomic E-state index is 5.54. The van der Waals surface area contributed by atoms with Gasteiger partial charge in [-0.2, -0.15) is 0 Å². The van der Waals surface area contributed by atoms with E-state index in [1.807, 2.05) is 13.0 Å². The molecule has 0 aromatic heterocycles. The highest BCUT2D eigenvalue weighted by Gasteiger charge is 1.93. The van der Waals surface area contributed by atoms with Gasteiger partial charge in [0.2, 0.25) is 0 Å². The van der Waals surface area contributed by atoms with Crippen LogP contribution in [-0.4, -0.2) is 5.88 Å². The fraction of sp³-hybridized carbons (Fsp3) is 0.231. The van der Waals surface area contributed by atoms with E-state index < -0.39 is 0 Å². The molecular formula is C13H15Cl. The average Bonchev–Trinajstić information content (AvgIpc) is 2.19. The summed E-state index contributed by atoms with van der Waals surface area (Å²) in [7, 11) is 0. The quantitative estimate of drug-likeness (QED) is 0.515. The van der Waals surface area contributed by atoms with Crippen LogP contribution in [0.4, 0.5) is 0 Å². The summed E-state index contributed by atoms with van der Waals surface area (Å²) >= 11 is 5.54. The molecule has 0 aliphatic carbocycles. The highest BCUT2D eigenvalue weighted by atomic mass is 35.5. The molecule has 0 aliphatic heterocycles. The minimum Gasteiger partial charge on any atom is -0.122 e. The summed E-state index contributed by atoms with van der Waals surface area (Å²) in [5.74, 6) is 0.587. The highest BCUT2D eigenvalue weighted by Crippen LogP contribution is 2.12. The average molecular weight is 207 g/mol. The van der Waals surface area contributed by atoms with E-state index in [4.69, 9.17) is 11.6 Å². The number of benzene rings is 1. The van der Waals surface area contributed by atoms with Crippen LogP contribution in [0.5, 0.6) is 0 Å².